The maximum atomic E-state index is 4.20. The van der Waals surface area contributed by atoms with Gasteiger partial charge in [-0.3, -0.25) is 0 Å². The number of rotatable bonds is 4. The van der Waals surface area contributed by atoms with Crippen LogP contribution in [0.4, 0.5) is 0 Å². The minimum absolute atomic E-state index is 0.374. The molecule has 1 atom stereocenters. The molecule has 1 rings (SSSR count). The third-order valence-corrected chi connectivity index (χ3v) is 3.05. The van der Waals surface area contributed by atoms with Gasteiger partial charge in [0.25, 0.3) is 0 Å². The highest BCUT2D eigenvalue weighted by atomic mass is 15.1. The predicted molar refractivity (Wildman–Crippen MR) is 72.0 cm³/mol. The molecule has 0 aliphatic heterocycles. The van der Waals surface area contributed by atoms with Crippen molar-refractivity contribution in [3.8, 4) is 0 Å². The van der Waals surface area contributed by atoms with Crippen LogP contribution in [0, 0.1) is 19.3 Å². The molecule has 17 heavy (non-hydrogen) atoms. The van der Waals surface area contributed by atoms with E-state index in [0.29, 0.717) is 11.5 Å². The molecule has 1 unspecified atom stereocenters. The van der Waals surface area contributed by atoms with Gasteiger partial charge in [-0.1, -0.05) is 20.8 Å². The van der Waals surface area contributed by atoms with Crippen molar-refractivity contribution in [2.75, 3.05) is 7.05 Å². The first-order valence-corrected chi connectivity index (χ1v) is 6.31. The summed E-state index contributed by atoms with van der Waals surface area (Å²) in [5, 5.41) is 11.7. The van der Waals surface area contributed by atoms with E-state index in [-0.39, 0.29) is 0 Å². The van der Waals surface area contributed by atoms with Gasteiger partial charge in [0.05, 0.1) is 11.4 Å². The van der Waals surface area contributed by atoms with Gasteiger partial charge in [-0.2, -0.15) is 10.2 Å². The molecule has 0 amide bonds. The monoisotopic (exact) mass is 235 g/mol. The minimum atomic E-state index is 0.374. The summed E-state index contributed by atoms with van der Waals surface area (Å²) in [6, 6.07) is 2.52. The Hall–Kier alpha value is -0.960. The van der Waals surface area contributed by atoms with Crippen LogP contribution in [0.25, 0.3) is 0 Å². The normalized spacial score (nSPS) is 13.8. The van der Waals surface area contributed by atoms with Crippen LogP contribution in [-0.4, -0.2) is 17.2 Å². The van der Waals surface area contributed by atoms with E-state index in [4.69, 9.17) is 0 Å². The van der Waals surface area contributed by atoms with Gasteiger partial charge in [0, 0.05) is 6.04 Å². The fourth-order valence-corrected chi connectivity index (χ4v) is 1.96. The summed E-state index contributed by atoms with van der Waals surface area (Å²) in [6.07, 6.45) is 2.32. The Morgan fingerprint density at radius 3 is 2.41 bits per heavy atom. The van der Waals surface area contributed by atoms with Gasteiger partial charge in [-0.25, -0.2) is 0 Å². The summed E-state index contributed by atoms with van der Waals surface area (Å²) >= 11 is 0. The van der Waals surface area contributed by atoms with Crippen LogP contribution in [0.5, 0.6) is 0 Å². The molecule has 0 aliphatic carbocycles. The first-order valence-electron chi connectivity index (χ1n) is 6.31. The molecule has 0 aliphatic rings. The fraction of sp³-hybridized carbons (Fsp3) is 0.714. The summed E-state index contributed by atoms with van der Waals surface area (Å²) in [5.41, 5.74) is 3.67. The first kappa shape index (κ1) is 14.1. The van der Waals surface area contributed by atoms with Crippen molar-refractivity contribution in [3.63, 3.8) is 0 Å². The Balaban J connectivity index is 2.82. The van der Waals surface area contributed by atoms with Crippen molar-refractivity contribution >= 4 is 0 Å². The second kappa shape index (κ2) is 5.58. The average molecular weight is 235 g/mol. The molecule has 0 spiro atoms. The van der Waals surface area contributed by atoms with Gasteiger partial charge in [0.15, 0.2) is 0 Å². The lowest BCUT2D eigenvalue weighted by molar-refractivity contribution is 0.337. The summed E-state index contributed by atoms with van der Waals surface area (Å²) in [6.45, 7) is 10.9. The second-order valence-electron chi connectivity index (χ2n) is 5.97. The number of nitrogens with zero attached hydrogens (tertiary/aromatic N) is 2. The van der Waals surface area contributed by atoms with Gasteiger partial charge < -0.3 is 5.32 Å². The number of aromatic nitrogens is 2. The summed E-state index contributed by atoms with van der Waals surface area (Å²) in [4.78, 5) is 0. The Kier molecular flexibility index (Phi) is 4.63. The quantitative estimate of drug-likeness (QED) is 0.871. The average Bonchev–Trinajstić information content (AvgIpc) is 2.22. The van der Waals surface area contributed by atoms with Gasteiger partial charge in [0.2, 0.25) is 0 Å². The molecular weight excluding hydrogens is 210 g/mol. The molecule has 3 heteroatoms. The molecule has 1 N–H and O–H groups in total. The Morgan fingerprint density at radius 1 is 1.24 bits per heavy atom. The predicted octanol–water partition coefficient (Wildman–Crippen LogP) is 3.18. The van der Waals surface area contributed by atoms with Crippen molar-refractivity contribution < 1.29 is 0 Å². The second-order valence-corrected chi connectivity index (χ2v) is 5.97. The standard InChI is InChI=1S/C14H25N3/c1-10-9-12(11(2)17-16-10)13(15-6)7-8-14(3,4)5/h9,13,15H,7-8H2,1-6H3. The molecular formula is C14H25N3. The highest BCUT2D eigenvalue weighted by Crippen LogP contribution is 2.28. The first-order chi connectivity index (χ1) is 7.83. The summed E-state index contributed by atoms with van der Waals surface area (Å²) in [7, 11) is 2.02. The topological polar surface area (TPSA) is 37.8 Å². The van der Waals surface area contributed by atoms with Crippen molar-refractivity contribution in [1.29, 1.82) is 0 Å². The van der Waals surface area contributed by atoms with E-state index in [2.05, 4.69) is 42.4 Å². The number of aryl methyl sites for hydroxylation is 2. The highest BCUT2D eigenvalue weighted by Gasteiger charge is 2.17. The zero-order valence-corrected chi connectivity index (χ0v) is 12.0. The minimum Gasteiger partial charge on any atom is -0.313 e. The van der Waals surface area contributed by atoms with Crippen LogP contribution >= 0.6 is 0 Å². The lowest BCUT2D eigenvalue weighted by Gasteiger charge is -2.24. The Labute approximate surface area is 105 Å². The molecule has 1 heterocycles. The van der Waals surface area contributed by atoms with Crippen molar-refractivity contribution in [1.82, 2.24) is 15.5 Å². The Morgan fingerprint density at radius 2 is 1.88 bits per heavy atom. The largest absolute Gasteiger partial charge is 0.313 e. The molecule has 0 bridgehead atoms. The number of hydrogen-bond donors (Lipinski definition) is 1. The molecule has 0 fully saturated rings. The van der Waals surface area contributed by atoms with E-state index in [1.54, 1.807) is 0 Å². The van der Waals surface area contributed by atoms with E-state index in [1.165, 1.54) is 12.0 Å². The maximum absolute atomic E-state index is 4.20. The lowest BCUT2D eigenvalue weighted by Crippen LogP contribution is -2.20. The van der Waals surface area contributed by atoms with E-state index in [1.807, 2.05) is 20.9 Å². The van der Waals surface area contributed by atoms with Crippen LogP contribution in [0.1, 0.15) is 56.6 Å². The van der Waals surface area contributed by atoms with Gasteiger partial charge in [-0.05, 0) is 50.8 Å². The molecule has 0 saturated carbocycles. The molecule has 96 valence electrons. The number of nitrogens with one attached hydrogen (secondary N) is 1. The molecule has 3 nitrogen and oxygen atoms in total. The maximum Gasteiger partial charge on any atom is 0.0648 e. The zero-order chi connectivity index (χ0) is 13.1. The third-order valence-electron chi connectivity index (χ3n) is 3.05. The zero-order valence-electron chi connectivity index (χ0n) is 12.0. The third kappa shape index (κ3) is 4.43. The smallest absolute Gasteiger partial charge is 0.0648 e. The lowest BCUT2D eigenvalue weighted by atomic mass is 9.87. The SMILES string of the molecule is CNC(CCC(C)(C)C)c1cc(C)nnc1C. The summed E-state index contributed by atoms with van der Waals surface area (Å²) < 4.78 is 0. The summed E-state index contributed by atoms with van der Waals surface area (Å²) in [5.74, 6) is 0. The van der Waals surface area contributed by atoms with Crippen LogP contribution in [0.15, 0.2) is 6.07 Å². The molecule has 0 saturated heterocycles. The van der Waals surface area contributed by atoms with E-state index in [9.17, 15) is 0 Å². The van der Waals surface area contributed by atoms with Gasteiger partial charge in [-0.15, -0.1) is 0 Å². The fourth-order valence-electron chi connectivity index (χ4n) is 1.96. The van der Waals surface area contributed by atoms with Crippen LogP contribution in [0.3, 0.4) is 0 Å². The molecule has 0 aromatic carbocycles. The van der Waals surface area contributed by atoms with Crippen molar-refractivity contribution in [3.05, 3.63) is 23.0 Å². The van der Waals surface area contributed by atoms with Gasteiger partial charge in [0.1, 0.15) is 0 Å². The van der Waals surface area contributed by atoms with Crippen LogP contribution in [-0.2, 0) is 0 Å². The molecule has 0 radical (unpaired) electrons. The highest BCUT2D eigenvalue weighted by molar-refractivity contribution is 5.23. The van der Waals surface area contributed by atoms with Crippen LogP contribution in [0.2, 0.25) is 0 Å². The van der Waals surface area contributed by atoms with Crippen molar-refractivity contribution in [2.45, 2.75) is 53.5 Å². The van der Waals surface area contributed by atoms with Gasteiger partial charge >= 0.3 is 0 Å². The van der Waals surface area contributed by atoms with E-state index >= 15 is 0 Å². The molecule has 1 aromatic heterocycles. The Bertz CT molecular complexity index is 366. The van der Waals surface area contributed by atoms with E-state index in [0.717, 1.165) is 17.8 Å². The molecule has 1 aromatic rings. The van der Waals surface area contributed by atoms with E-state index < -0.39 is 0 Å². The number of hydrogen-bond acceptors (Lipinski definition) is 3. The van der Waals surface area contributed by atoms with Crippen LogP contribution < -0.4 is 5.32 Å². The van der Waals surface area contributed by atoms with Crippen molar-refractivity contribution in [2.24, 2.45) is 5.41 Å².